The highest BCUT2D eigenvalue weighted by Gasteiger charge is 2.34. The van der Waals surface area contributed by atoms with E-state index in [1.54, 1.807) is 0 Å². The number of rotatable bonds is 6. The fraction of sp³-hybridized carbons (Fsp3) is 0.560. The van der Waals surface area contributed by atoms with Gasteiger partial charge in [-0.1, -0.05) is 23.7 Å². The highest BCUT2D eigenvalue weighted by atomic mass is 35.5. The molecule has 0 unspecified atom stereocenters. The Kier molecular flexibility index (Phi) is 8.38. The van der Waals surface area contributed by atoms with Crippen molar-refractivity contribution in [3.05, 3.63) is 40.9 Å². The molecule has 36 heavy (non-hydrogen) atoms. The molecular weight excluding hydrogens is 500 g/mol. The number of hydrogen-bond donors (Lipinski definition) is 2. The average molecular weight is 533 g/mol. The van der Waals surface area contributed by atoms with Gasteiger partial charge < -0.3 is 34.6 Å². The van der Waals surface area contributed by atoms with Gasteiger partial charge in [-0.05, 0) is 42.8 Å². The first kappa shape index (κ1) is 25.4. The van der Waals surface area contributed by atoms with Crippen molar-refractivity contribution in [2.75, 3.05) is 87.5 Å². The fourth-order valence-electron chi connectivity index (χ4n) is 4.92. The Balaban J connectivity index is 1.31. The second-order valence-corrected chi connectivity index (χ2v) is 10.2. The van der Waals surface area contributed by atoms with E-state index in [-0.39, 0.29) is 5.41 Å². The maximum absolute atomic E-state index is 6.15. The van der Waals surface area contributed by atoms with Gasteiger partial charge in [0, 0.05) is 62.4 Å². The van der Waals surface area contributed by atoms with E-state index in [1.165, 1.54) is 5.56 Å². The summed E-state index contributed by atoms with van der Waals surface area (Å²) in [4.78, 5) is 14.1. The monoisotopic (exact) mass is 532 g/mol. The average Bonchev–Trinajstić information content (AvgIpc) is 2.93. The largest absolute Gasteiger partial charge is 0.381 e. The zero-order chi connectivity index (χ0) is 24.8. The van der Waals surface area contributed by atoms with Gasteiger partial charge in [-0.15, -0.1) is 0 Å². The molecule has 9 nitrogen and oxygen atoms in total. The SMILES string of the molecule is S=C(NCC1(c2ccc(Cl)cc2)CCOCC1)Nc1nc(N2CCOCC2)cc(N2CCOCC2)n1. The first-order valence-electron chi connectivity index (χ1n) is 12.5. The number of anilines is 3. The number of halogens is 1. The zero-order valence-corrected chi connectivity index (χ0v) is 22.0. The number of nitrogens with one attached hydrogen (secondary N) is 2. The van der Waals surface area contributed by atoms with E-state index >= 15 is 0 Å². The third-order valence-electron chi connectivity index (χ3n) is 7.09. The van der Waals surface area contributed by atoms with Gasteiger partial charge in [0.2, 0.25) is 5.95 Å². The van der Waals surface area contributed by atoms with Crippen LogP contribution in [0.5, 0.6) is 0 Å². The lowest BCUT2D eigenvalue weighted by molar-refractivity contribution is 0.0515. The number of nitrogens with zero attached hydrogens (tertiary/aromatic N) is 4. The number of thiocarbonyl (C=S) groups is 1. The maximum atomic E-state index is 6.15. The van der Waals surface area contributed by atoms with Gasteiger partial charge in [-0.25, -0.2) is 0 Å². The van der Waals surface area contributed by atoms with Gasteiger partial charge in [-0.3, -0.25) is 0 Å². The van der Waals surface area contributed by atoms with Crippen LogP contribution in [0.3, 0.4) is 0 Å². The standard InChI is InChI=1S/C25H33ClN6O3S/c26-20-3-1-19(2-4-20)25(5-11-33-12-6-25)18-27-24(36)30-23-28-21(31-7-13-34-14-8-31)17-22(29-23)32-9-15-35-16-10-32/h1-4,17H,5-16,18H2,(H2,27,28,29,30,36). The lowest BCUT2D eigenvalue weighted by Crippen LogP contribution is -2.45. The van der Waals surface area contributed by atoms with Crippen LogP contribution in [0, 0.1) is 0 Å². The summed E-state index contributed by atoms with van der Waals surface area (Å²) < 4.78 is 16.7. The summed E-state index contributed by atoms with van der Waals surface area (Å²) in [5, 5.41) is 7.92. The van der Waals surface area contributed by atoms with Crippen molar-refractivity contribution in [2.45, 2.75) is 18.3 Å². The van der Waals surface area contributed by atoms with Crippen LogP contribution in [0.1, 0.15) is 18.4 Å². The van der Waals surface area contributed by atoms with Gasteiger partial charge >= 0.3 is 0 Å². The molecule has 1 aromatic carbocycles. The predicted octanol–water partition coefficient (Wildman–Crippen LogP) is 2.84. The number of morpholine rings is 2. The summed E-state index contributed by atoms with van der Waals surface area (Å²) >= 11 is 11.8. The van der Waals surface area contributed by atoms with Gasteiger partial charge in [0.25, 0.3) is 0 Å². The lowest BCUT2D eigenvalue weighted by Gasteiger charge is -2.38. The molecule has 11 heteroatoms. The third kappa shape index (κ3) is 6.18. The van der Waals surface area contributed by atoms with Crippen LogP contribution >= 0.6 is 23.8 Å². The Hall–Kier alpha value is -2.24. The van der Waals surface area contributed by atoms with Crippen molar-refractivity contribution in [2.24, 2.45) is 0 Å². The second-order valence-electron chi connectivity index (χ2n) is 9.31. The van der Waals surface area contributed by atoms with E-state index in [0.29, 0.717) is 44.0 Å². The van der Waals surface area contributed by atoms with Crippen LogP contribution in [-0.4, -0.2) is 87.4 Å². The Labute approximate surface area is 222 Å². The number of ether oxygens (including phenoxy) is 3. The summed E-state index contributed by atoms with van der Waals surface area (Å²) in [7, 11) is 0. The molecule has 1 aromatic heterocycles. The maximum Gasteiger partial charge on any atom is 0.232 e. The molecule has 0 saturated carbocycles. The predicted molar refractivity (Wildman–Crippen MR) is 146 cm³/mol. The quantitative estimate of drug-likeness (QED) is 0.542. The number of hydrogen-bond acceptors (Lipinski definition) is 8. The third-order valence-corrected chi connectivity index (χ3v) is 7.59. The van der Waals surface area contributed by atoms with Gasteiger partial charge in [0.05, 0.1) is 26.4 Å². The van der Waals surface area contributed by atoms with Crippen LogP contribution < -0.4 is 20.4 Å². The topological polar surface area (TPSA) is 84.0 Å². The summed E-state index contributed by atoms with van der Waals surface area (Å²) in [6.07, 6.45) is 1.82. The minimum atomic E-state index is -0.0793. The van der Waals surface area contributed by atoms with E-state index < -0.39 is 0 Å². The molecular formula is C25H33ClN6O3S. The highest BCUT2D eigenvalue weighted by molar-refractivity contribution is 7.80. The van der Waals surface area contributed by atoms with Crippen molar-refractivity contribution in [1.29, 1.82) is 0 Å². The summed E-state index contributed by atoms with van der Waals surface area (Å²) in [6.45, 7) is 8.08. The van der Waals surface area contributed by atoms with Crippen LogP contribution in [0.4, 0.5) is 17.6 Å². The lowest BCUT2D eigenvalue weighted by atomic mass is 9.74. The molecule has 194 valence electrons. The first-order chi connectivity index (χ1) is 17.6. The van der Waals surface area contributed by atoms with Crippen molar-refractivity contribution in [1.82, 2.24) is 15.3 Å². The van der Waals surface area contributed by atoms with Crippen LogP contribution in [0.25, 0.3) is 0 Å². The van der Waals surface area contributed by atoms with E-state index in [4.69, 9.17) is 48.0 Å². The minimum absolute atomic E-state index is 0.0793. The molecule has 5 rings (SSSR count). The number of benzene rings is 1. The Morgan fingerprint density at radius 3 is 1.94 bits per heavy atom. The molecule has 3 fully saturated rings. The van der Waals surface area contributed by atoms with Gasteiger partial charge in [0.15, 0.2) is 5.11 Å². The van der Waals surface area contributed by atoms with Crippen molar-refractivity contribution < 1.29 is 14.2 Å². The minimum Gasteiger partial charge on any atom is -0.381 e. The molecule has 2 N–H and O–H groups in total. The van der Waals surface area contributed by atoms with E-state index in [9.17, 15) is 0 Å². The molecule has 0 bridgehead atoms. The number of aromatic nitrogens is 2. The Morgan fingerprint density at radius 1 is 0.861 bits per heavy atom. The fourth-order valence-corrected chi connectivity index (χ4v) is 5.20. The van der Waals surface area contributed by atoms with Crippen LogP contribution in [0.15, 0.2) is 30.3 Å². The molecule has 3 saturated heterocycles. The smallest absolute Gasteiger partial charge is 0.232 e. The molecule has 4 heterocycles. The molecule has 3 aliphatic heterocycles. The molecule has 2 aromatic rings. The molecule has 0 spiro atoms. The van der Waals surface area contributed by atoms with Crippen molar-refractivity contribution in [3.8, 4) is 0 Å². The Bertz CT molecular complexity index is 989. The summed E-state index contributed by atoms with van der Waals surface area (Å²) in [5.41, 5.74) is 1.16. The summed E-state index contributed by atoms with van der Waals surface area (Å²) in [5.74, 6) is 2.25. The molecule has 0 radical (unpaired) electrons. The second kappa shape index (κ2) is 11.9. The molecule has 0 aliphatic carbocycles. The van der Waals surface area contributed by atoms with Crippen molar-refractivity contribution in [3.63, 3.8) is 0 Å². The van der Waals surface area contributed by atoms with Crippen molar-refractivity contribution >= 4 is 46.5 Å². The van der Waals surface area contributed by atoms with E-state index in [2.05, 4.69) is 38.6 Å². The van der Waals surface area contributed by atoms with Crippen LogP contribution in [-0.2, 0) is 19.6 Å². The van der Waals surface area contributed by atoms with Gasteiger partial charge in [0.1, 0.15) is 11.6 Å². The normalized spacial score (nSPS) is 20.1. The van der Waals surface area contributed by atoms with E-state index in [1.807, 2.05) is 12.1 Å². The van der Waals surface area contributed by atoms with Crippen LogP contribution in [0.2, 0.25) is 5.02 Å². The molecule has 3 aliphatic rings. The Morgan fingerprint density at radius 2 is 1.39 bits per heavy atom. The van der Waals surface area contributed by atoms with E-state index in [0.717, 1.165) is 68.9 Å². The first-order valence-corrected chi connectivity index (χ1v) is 13.3. The molecule has 0 atom stereocenters. The zero-order valence-electron chi connectivity index (χ0n) is 20.4. The van der Waals surface area contributed by atoms with Gasteiger partial charge in [-0.2, -0.15) is 9.97 Å². The summed E-state index contributed by atoms with van der Waals surface area (Å²) in [6, 6.07) is 10.2. The highest BCUT2D eigenvalue weighted by Crippen LogP contribution is 2.35. The molecule has 0 amide bonds.